The van der Waals surface area contributed by atoms with Crippen molar-refractivity contribution < 1.29 is 31.9 Å². The van der Waals surface area contributed by atoms with Crippen LogP contribution in [0.4, 0.5) is 4.39 Å². The van der Waals surface area contributed by atoms with Crippen molar-refractivity contribution in [1.82, 2.24) is 0 Å². The average Bonchev–Trinajstić information content (AvgIpc) is 3.12. The first-order chi connectivity index (χ1) is 18.3. The molecule has 39 heavy (non-hydrogen) atoms. The van der Waals surface area contributed by atoms with Gasteiger partial charge in [-0.15, -0.1) is 6.58 Å². The van der Waals surface area contributed by atoms with Gasteiger partial charge in [0.2, 0.25) is 10.0 Å². The number of carbonyl (C=O) groups excluding carboxylic acids is 2. The number of fused-ring (bicyclic) bond motifs is 5. The molecule has 3 aliphatic rings. The number of allylic oxidation sites excluding steroid dienone is 1. The zero-order chi connectivity index (χ0) is 28.3. The standard InChI is InChI=1S/C29H31ClFNO6S/c1-4-29-12-11-28(3)23(22(29)8-5-17-13-18(37-16(2)33)6-9-21(17)29)15-25(26(28)31)38-27(34)20-14-19(39(32,35)36)7-10-24(20)30/h4,6-7,9-10,13-14,22-23,25-26H,1,5,8,11-12,15H2,2-3H3,(H2,32,35,36)/t22?,23?,25-,26+,28+,29-/m1/s1. The van der Waals surface area contributed by atoms with Crippen molar-refractivity contribution in [2.75, 3.05) is 0 Å². The fourth-order valence-corrected chi connectivity index (χ4v) is 8.05. The smallest absolute Gasteiger partial charge is 0.340 e. The van der Waals surface area contributed by atoms with Gasteiger partial charge in [0.05, 0.1) is 15.5 Å². The van der Waals surface area contributed by atoms with E-state index in [0.717, 1.165) is 30.0 Å². The Labute approximate surface area is 232 Å². The van der Waals surface area contributed by atoms with Crippen LogP contribution < -0.4 is 9.88 Å². The summed E-state index contributed by atoms with van der Waals surface area (Å²) in [4.78, 5) is 24.2. The van der Waals surface area contributed by atoms with E-state index in [9.17, 15) is 18.0 Å². The molecule has 2 unspecified atom stereocenters. The molecule has 2 N–H and O–H groups in total. The Kier molecular flexibility index (Phi) is 6.92. The number of alkyl halides is 1. The number of rotatable bonds is 5. The minimum Gasteiger partial charge on any atom is -0.456 e. The second kappa shape index (κ2) is 9.71. The second-order valence-corrected chi connectivity index (χ2v) is 13.2. The van der Waals surface area contributed by atoms with Crippen molar-refractivity contribution in [3.63, 3.8) is 0 Å². The summed E-state index contributed by atoms with van der Waals surface area (Å²) in [6.45, 7) is 7.48. The average molecular weight is 576 g/mol. The van der Waals surface area contributed by atoms with Crippen LogP contribution in [0.25, 0.3) is 0 Å². The van der Waals surface area contributed by atoms with Crippen LogP contribution in [0.1, 0.15) is 61.0 Å². The number of benzene rings is 2. The van der Waals surface area contributed by atoms with E-state index in [4.69, 9.17) is 26.2 Å². The number of aryl methyl sites for hydroxylation is 1. The van der Waals surface area contributed by atoms with Crippen LogP contribution in [0.5, 0.6) is 5.75 Å². The molecule has 0 amide bonds. The fourth-order valence-electron chi connectivity index (χ4n) is 7.31. The maximum absolute atomic E-state index is 16.1. The number of esters is 2. The third kappa shape index (κ3) is 4.58. The highest BCUT2D eigenvalue weighted by molar-refractivity contribution is 7.89. The van der Waals surface area contributed by atoms with Crippen LogP contribution in [-0.4, -0.2) is 32.6 Å². The number of carbonyl (C=O) groups is 2. The van der Waals surface area contributed by atoms with Gasteiger partial charge in [-0.25, -0.2) is 22.7 Å². The molecule has 0 spiro atoms. The van der Waals surface area contributed by atoms with E-state index in [1.54, 1.807) is 6.07 Å². The minimum atomic E-state index is -4.07. The molecule has 2 fully saturated rings. The number of sulfonamides is 1. The van der Waals surface area contributed by atoms with E-state index >= 15 is 4.39 Å². The first-order valence-electron chi connectivity index (χ1n) is 12.9. The summed E-state index contributed by atoms with van der Waals surface area (Å²) in [6, 6.07) is 9.19. The molecule has 2 aromatic rings. The van der Waals surface area contributed by atoms with Crippen molar-refractivity contribution in [3.05, 3.63) is 70.8 Å². The van der Waals surface area contributed by atoms with Crippen LogP contribution in [-0.2, 0) is 31.4 Å². The summed E-state index contributed by atoms with van der Waals surface area (Å²) in [6.07, 6.45) is 2.70. The van der Waals surface area contributed by atoms with E-state index in [-0.39, 0.29) is 38.7 Å². The third-order valence-corrected chi connectivity index (χ3v) is 10.4. The van der Waals surface area contributed by atoms with Crippen molar-refractivity contribution >= 4 is 33.6 Å². The lowest BCUT2D eigenvalue weighted by Gasteiger charge is -2.55. The highest BCUT2D eigenvalue weighted by Crippen LogP contribution is 2.64. The molecule has 3 aliphatic carbocycles. The van der Waals surface area contributed by atoms with Gasteiger partial charge in [-0.2, -0.15) is 0 Å². The summed E-state index contributed by atoms with van der Waals surface area (Å²) in [5.74, 6) is -0.765. The topological polar surface area (TPSA) is 113 Å². The summed E-state index contributed by atoms with van der Waals surface area (Å²) < 4.78 is 50.6. The number of hydrogen-bond acceptors (Lipinski definition) is 6. The van der Waals surface area contributed by atoms with Gasteiger partial charge in [0.1, 0.15) is 18.0 Å². The fraction of sp³-hybridized carbons (Fsp3) is 0.448. The molecule has 2 aromatic carbocycles. The molecule has 0 aromatic heterocycles. The Morgan fingerprint density at radius 2 is 1.92 bits per heavy atom. The molecule has 0 saturated heterocycles. The molecule has 10 heteroatoms. The Balaban J connectivity index is 1.43. The van der Waals surface area contributed by atoms with Gasteiger partial charge in [-0.1, -0.05) is 30.7 Å². The van der Waals surface area contributed by atoms with Gasteiger partial charge in [0, 0.05) is 17.8 Å². The van der Waals surface area contributed by atoms with Gasteiger partial charge in [-0.3, -0.25) is 4.79 Å². The van der Waals surface area contributed by atoms with E-state index in [2.05, 4.69) is 6.58 Å². The summed E-state index contributed by atoms with van der Waals surface area (Å²) in [7, 11) is -4.07. The molecule has 0 heterocycles. The molecule has 0 bridgehead atoms. The first-order valence-corrected chi connectivity index (χ1v) is 14.9. The van der Waals surface area contributed by atoms with Crippen LogP contribution in [0, 0.1) is 17.3 Å². The predicted octanol–water partition coefficient (Wildman–Crippen LogP) is 5.28. The summed E-state index contributed by atoms with van der Waals surface area (Å²) in [5.41, 5.74) is 0.956. The Morgan fingerprint density at radius 3 is 2.59 bits per heavy atom. The summed E-state index contributed by atoms with van der Waals surface area (Å²) in [5, 5.41) is 5.19. The lowest BCUT2D eigenvalue weighted by Crippen LogP contribution is -2.51. The van der Waals surface area contributed by atoms with Crippen molar-refractivity contribution in [2.24, 2.45) is 22.4 Å². The molecule has 0 radical (unpaired) electrons. The highest BCUT2D eigenvalue weighted by atomic mass is 35.5. The van der Waals surface area contributed by atoms with Gasteiger partial charge in [0.25, 0.3) is 0 Å². The number of hydrogen-bond donors (Lipinski definition) is 1. The molecule has 2 saturated carbocycles. The normalized spacial score (nSPS) is 31.4. The Hall–Kier alpha value is -2.75. The number of nitrogens with two attached hydrogens (primary N) is 1. The molecular formula is C29H31ClFNO6S. The minimum absolute atomic E-state index is 0.00730. The van der Waals surface area contributed by atoms with Gasteiger partial charge in [-0.05, 0) is 85.4 Å². The van der Waals surface area contributed by atoms with Gasteiger partial charge < -0.3 is 9.47 Å². The largest absolute Gasteiger partial charge is 0.456 e. The number of halogens is 2. The number of ether oxygens (including phenoxy) is 2. The van der Waals surface area contributed by atoms with E-state index < -0.39 is 33.7 Å². The second-order valence-electron chi connectivity index (χ2n) is 11.2. The third-order valence-electron chi connectivity index (χ3n) is 9.19. The van der Waals surface area contributed by atoms with Crippen LogP contribution in [0.15, 0.2) is 53.9 Å². The maximum atomic E-state index is 16.1. The van der Waals surface area contributed by atoms with Crippen LogP contribution in [0.2, 0.25) is 5.02 Å². The molecular weight excluding hydrogens is 545 g/mol. The SMILES string of the molecule is C=C[C@]12CC[C@@]3(C)C(C[C@@H](OC(=O)c4cc(S(N)(=O)=O)ccc4Cl)[C@@H]3F)C1CCc1cc(OC(C)=O)ccc12. The van der Waals surface area contributed by atoms with Crippen molar-refractivity contribution in [3.8, 4) is 5.75 Å². The lowest BCUT2D eigenvalue weighted by atomic mass is 9.48. The predicted molar refractivity (Wildman–Crippen MR) is 144 cm³/mol. The first kappa shape index (κ1) is 27.8. The molecule has 5 rings (SSSR count). The maximum Gasteiger partial charge on any atom is 0.340 e. The number of primary sulfonamides is 1. The van der Waals surface area contributed by atoms with Crippen molar-refractivity contribution in [2.45, 2.75) is 68.5 Å². The van der Waals surface area contributed by atoms with Crippen molar-refractivity contribution in [1.29, 1.82) is 0 Å². The van der Waals surface area contributed by atoms with E-state index in [1.165, 1.54) is 19.1 Å². The quantitative estimate of drug-likeness (QED) is 0.295. The molecule has 0 aliphatic heterocycles. The van der Waals surface area contributed by atoms with E-state index in [0.29, 0.717) is 25.0 Å². The van der Waals surface area contributed by atoms with Gasteiger partial charge >= 0.3 is 11.9 Å². The summed E-state index contributed by atoms with van der Waals surface area (Å²) >= 11 is 6.16. The Bertz CT molecular complexity index is 1480. The molecule has 208 valence electrons. The van der Waals surface area contributed by atoms with Crippen LogP contribution >= 0.6 is 11.6 Å². The molecule has 6 atom stereocenters. The molecule has 7 nitrogen and oxygen atoms in total. The van der Waals surface area contributed by atoms with Crippen LogP contribution in [0.3, 0.4) is 0 Å². The van der Waals surface area contributed by atoms with E-state index in [1.807, 2.05) is 25.1 Å². The lowest BCUT2D eigenvalue weighted by molar-refractivity contribution is -0.131. The zero-order valence-electron chi connectivity index (χ0n) is 21.8. The zero-order valence-corrected chi connectivity index (χ0v) is 23.4. The highest BCUT2D eigenvalue weighted by Gasteiger charge is 2.63. The van der Waals surface area contributed by atoms with Gasteiger partial charge in [0.15, 0.2) is 0 Å². The Morgan fingerprint density at radius 1 is 1.18 bits per heavy atom. The monoisotopic (exact) mass is 575 g/mol.